The topological polar surface area (TPSA) is 37.7 Å². The molecule has 0 aliphatic carbocycles. The van der Waals surface area contributed by atoms with E-state index >= 15 is 0 Å². The molecule has 0 radical (unpaired) electrons. The Morgan fingerprint density at radius 2 is 1.92 bits per heavy atom. The number of hydrogen-bond donors (Lipinski definition) is 3. The molecule has 25 heavy (non-hydrogen) atoms. The summed E-state index contributed by atoms with van der Waals surface area (Å²) in [7, 11) is 5.71. The number of hydrogen-bond acceptors (Lipinski definition) is 2. The Hall–Kier alpha value is -2.25. The lowest BCUT2D eigenvalue weighted by Crippen LogP contribution is -3.07. The second kappa shape index (κ2) is 8.73. The minimum Gasteiger partial charge on any atom is -0.496 e. The molecule has 0 aliphatic rings. The Morgan fingerprint density at radius 1 is 1.20 bits per heavy atom. The van der Waals surface area contributed by atoms with Crippen LogP contribution >= 0.6 is 12.2 Å². The largest absolute Gasteiger partial charge is 0.496 e. The lowest BCUT2D eigenvalue weighted by molar-refractivity contribution is -0.890. The summed E-state index contributed by atoms with van der Waals surface area (Å²) in [6, 6.07) is 11.2. The van der Waals surface area contributed by atoms with Crippen LogP contribution in [0.3, 0.4) is 0 Å². The molecule has 0 bridgehead atoms. The summed E-state index contributed by atoms with van der Waals surface area (Å²) in [5.74, 6) is -0.517. The molecule has 4 nitrogen and oxygen atoms in total. The monoisotopic (exact) mass is 366 g/mol. The van der Waals surface area contributed by atoms with Crippen molar-refractivity contribution in [3.8, 4) is 5.75 Å². The molecule has 0 saturated carbocycles. The molecule has 2 aromatic rings. The van der Waals surface area contributed by atoms with Crippen LogP contribution in [0.25, 0.3) is 0 Å². The molecule has 0 saturated heterocycles. The highest BCUT2D eigenvalue weighted by Crippen LogP contribution is 2.22. The zero-order chi connectivity index (χ0) is 18.4. The van der Waals surface area contributed by atoms with Crippen LogP contribution in [0.1, 0.15) is 11.6 Å². The fourth-order valence-electron chi connectivity index (χ4n) is 2.53. The third kappa shape index (κ3) is 5.11. The predicted octanol–water partition coefficient (Wildman–Crippen LogP) is 2.15. The van der Waals surface area contributed by atoms with Gasteiger partial charge in [-0.2, -0.15) is 0 Å². The number of rotatable bonds is 6. The van der Waals surface area contributed by atoms with Crippen LogP contribution in [-0.2, 0) is 0 Å². The highest BCUT2D eigenvalue weighted by Gasteiger charge is 2.21. The van der Waals surface area contributed by atoms with E-state index in [0.29, 0.717) is 6.54 Å². The molecule has 0 unspecified atom stereocenters. The van der Waals surface area contributed by atoms with Crippen LogP contribution in [0.5, 0.6) is 5.75 Å². The fourth-order valence-corrected chi connectivity index (χ4v) is 2.72. The normalized spacial score (nSPS) is 11.9. The van der Waals surface area contributed by atoms with E-state index < -0.39 is 11.6 Å². The van der Waals surface area contributed by atoms with E-state index in [2.05, 4.69) is 10.6 Å². The first-order chi connectivity index (χ1) is 11.9. The molecule has 7 heteroatoms. The average Bonchev–Trinajstić information content (AvgIpc) is 2.57. The van der Waals surface area contributed by atoms with Gasteiger partial charge in [-0.15, -0.1) is 0 Å². The van der Waals surface area contributed by atoms with Gasteiger partial charge in [0.25, 0.3) is 0 Å². The summed E-state index contributed by atoms with van der Waals surface area (Å²) in [5.41, 5.74) is 1.18. The minimum absolute atomic E-state index is 0.0777. The summed E-state index contributed by atoms with van der Waals surface area (Å²) in [6.07, 6.45) is 0. The van der Waals surface area contributed by atoms with Gasteiger partial charge in [-0.25, -0.2) is 8.78 Å². The standard InChI is InChI=1S/C18H21F2N3OS/c1-23(2)16(13-6-4-5-7-17(13)24-3)11-21-18(25)22-15-9-8-12(19)10-14(15)20/h4-10,16H,11H2,1-3H3,(H2,21,22,25)/p+1/t16-/m1/s1. The Morgan fingerprint density at radius 3 is 2.56 bits per heavy atom. The molecule has 0 amide bonds. The van der Waals surface area contributed by atoms with Gasteiger partial charge in [-0.3, -0.25) is 0 Å². The molecular weight excluding hydrogens is 344 g/mol. The maximum atomic E-state index is 13.7. The van der Waals surface area contributed by atoms with Gasteiger partial charge in [0.2, 0.25) is 0 Å². The second-order valence-corrected chi connectivity index (χ2v) is 6.24. The number of para-hydroxylation sites is 1. The molecule has 2 aromatic carbocycles. The van der Waals surface area contributed by atoms with Gasteiger partial charge >= 0.3 is 0 Å². The van der Waals surface area contributed by atoms with Crippen LogP contribution in [0.2, 0.25) is 0 Å². The van der Waals surface area contributed by atoms with Gasteiger partial charge in [0.1, 0.15) is 23.4 Å². The Labute approximate surface area is 151 Å². The molecule has 0 aliphatic heterocycles. The zero-order valence-electron chi connectivity index (χ0n) is 14.4. The maximum absolute atomic E-state index is 13.7. The molecule has 0 heterocycles. The van der Waals surface area contributed by atoms with E-state index in [0.717, 1.165) is 17.4 Å². The number of anilines is 1. The van der Waals surface area contributed by atoms with Gasteiger partial charge < -0.3 is 20.3 Å². The highest BCUT2D eigenvalue weighted by molar-refractivity contribution is 7.80. The zero-order valence-corrected chi connectivity index (χ0v) is 15.2. The van der Waals surface area contributed by atoms with Crippen molar-refractivity contribution in [1.29, 1.82) is 0 Å². The van der Waals surface area contributed by atoms with Crippen molar-refractivity contribution in [2.45, 2.75) is 6.04 Å². The number of quaternary nitrogens is 1. The number of methoxy groups -OCH3 is 1. The van der Waals surface area contributed by atoms with Gasteiger partial charge in [0.15, 0.2) is 5.11 Å². The predicted molar refractivity (Wildman–Crippen MR) is 99.1 cm³/mol. The summed E-state index contributed by atoms with van der Waals surface area (Å²) in [5, 5.41) is 6.11. The van der Waals surface area contributed by atoms with Gasteiger partial charge in [0, 0.05) is 6.07 Å². The molecule has 134 valence electrons. The number of ether oxygens (including phenoxy) is 1. The van der Waals surface area contributed by atoms with Crippen molar-refractivity contribution in [1.82, 2.24) is 5.32 Å². The van der Waals surface area contributed by atoms with Crippen LogP contribution < -0.4 is 20.3 Å². The van der Waals surface area contributed by atoms with E-state index in [1.165, 1.54) is 17.0 Å². The van der Waals surface area contributed by atoms with Crippen molar-refractivity contribution in [2.24, 2.45) is 0 Å². The van der Waals surface area contributed by atoms with E-state index in [4.69, 9.17) is 17.0 Å². The van der Waals surface area contributed by atoms with E-state index in [1.54, 1.807) is 7.11 Å². The number of likely N-dealkylation sites (N-methyl/N-ethyl adjacent to an activating group) is 1. The van der Waals surface area contributed by atoms with Gasteiger partial charge in [-0.1, -0.05) is 12.1 Å². The molecule has 0 aromatic heterocycles. The van der Waals surface area contributed by atoms with Crippen LogP contribution in [0, 0.1) is 11.6 Å². The molecule has 0 spiro atoms. The molecular formula is C18H22F2N3OS+. The minimum atomic E-state index is -0.691. The first-order valence-electron chi connectivity index (χ1n) is 7.85. The molecule has 2 rings (SSSR count). The molecule has 3 N–H and O–H groups in total. The summed E-state index contributed by atoms with van der Waals surface area (Å²) >= 11 is 5.22. The molecule has 1 atom stereocenters. The summed E-state index contributed by atoms with van der Waals surface area (Å²) < 4.78 is 32.1. The number of thiocarbonyl (C=S) groups is 1. The van der Waals surface area contributed by atoms with Crippen molar-refractivity contribution in [3.63, 3.8) is 0 Å². The Kier molecular flexibility index (Phi) is 6.66. The Balaban J connectivity index is 2.04. The molecule has 0 fully saturated rings. The Bertz CT molecular complexity index is 740. The first kappa shape index (κ1) is 19.1. The van der Waals surface area contributed by atoms with Crippen molar-refractivity contribution < 1.29 is 18.4 Å². The summed E-state index contributed by atoms with van der Waals surface area (Å²) in [6.45, 7) is 0.525. The lowest BCUT2D eigenvalue weighted by atomic mass is 10.0. The SMILES string of the molecule is COc1ccccc1[C@@H](CNC(=S)Nc1ccc(F)cc1F)[NH+](C)C. The summed E-state index contributed by atoms with van der Waals surface area (Å²) in [4.78, 5) is 1.19. The first-order valence-corrected chi connectivity index (χ1v) is 8.26. The highest BCUT2D eigenvalue weighted by atomic mass is 32.1. The number of nitrogens with one attached hydrogen (secondary N) is 3. The van der Waals surface area contributed by atoms with E-state index in [-0.39, 0.29) is 16.8 Å². The number of benzene rings is 2. The van der Waals surface area contributed by atoms with E-state index in [9.17, 15) is 8.78 Å². The third-order valence-electron chi connectivity index (χ3n) is 3.86. The average molecular weight is 366 g/mol. The second-order valence-electron chi connectivity index (χ2n) is 5.83. The smallest absolute Gasteiger partial charge is 0.171 e. The van der Waals surface area contributed by atoms with Crippen molar-refractivity contribution >= 4 is 23.0 Å². The maximum Gasteiger partial charge on any atom is 0.171 e. The van der Waals surface area contributed by atoms with E-state index in [1.807, 2.05) is 38.4 Å². The van der Waals surface area contributed by atoms with Crippen LogP contribution in [0.4, 0.5) is 14.5 Å². The van der Waals surface area contributed by atoms with Crippen molar-refractivity contribution in [2.75, 3.05) is 33.1 Å². The van der Waals surface area contributed by atoms with Gasteiger partial charge in [-0.05, 0) is 36.5 Å². The fraction of sp³-hybridized carbons (Fsp3) is 0.278. The van der Waals surface area contributed by atoms with Crippen LogP contribution in [-0.4, -0.2) is 32.9 Å². The lowest BCUT2D eigenvalue weighted by Gasteiger charge is -2.24. The van der Waals surface area contributed by atoms with Gasteiger partial charge in [0.05, 0.1) is 39.0 Å². The third-order valence-corrected chi connectivity index (χ3v) is 4.10. The number of halogens is 2. The quantitative estimate of drug-likeness (QED) is 0.685. The van der Waals surface area contributed by atoms with Crippen LogP contribution in [0.15, 0.2) is 42.5 Å². The van der Waals surface area contributed by atoms with Crippen molar-refractivity contribution in [3.05, 3.63) is 59.7 Å².